The summed E-state index contributed by atoms with van der Waals surface area (Å²) >= 11 is 1.03. The summed E-state index contributed by atoms with van der Waals surface area (Å²) in [5, 5.41) is 0. The largest absolute Gasteiger partial charge is 0.312 e. The molecule has 0 unspecified atom stereocenters. The van der Waals surface area contributed by atoms with Crippen LogP contribution in [0.25, 0.3) is 10.2 Å². The molecule has 0 spiro atoms. The molecule has 0 saturated carbocycles. The number of carbonyl (C=O) groups excluding carboxylic acids is 1. The quantitative estimate of drug-likeness (QED) is 0.691. The van der Waals surface area contributed by atoms with Gasteiger partial charge in [0.1, 0.15) is 0 Å². The Bertz CT molecular complexity index is 1210. The first-order valence-electron chi connectivity index (χ1n) is 8.96. The fraction of sp³-hybridized carbons (Fsp3) is 0.263. The smallest absolute Gasteiger partial charge is 0.308 e. The van der Waals surface area contributed by atoms with Crippen molar-refractivity contribution in [3.63, 3.8) is 0 Å². The van der Waals surface area contributed by atoms with Gasteiger partial charge in [-0.1, -0.05) is 11.3 Å². The highest BCUT2D eigenvalue weighted by molar-refractivity contribution is 7.92. The molecule has 1 amide bonds. The number of nitrogens with one attached hydrogen (secondary N) is 1. The molecular weight excluding hydrogens is 398 g/mol. The number of rotatable bonds is 5. The second kappa shape index (κ2) is 7.06. The predicted molar refractivity (Wildman–Crippen MR) is 111 cm³/mol. The lowest BCUT2D eigenvalue weighted by Gasteiger charge is -2.16. The van der Waals surface area contributed by atoms with Crippen LogP contribution in [-0.4, -0.2) is 25.4 Å². The molecule has 0 aliphatic carbocycles. The number of aryl methyl sites for hydroxylation is 1. The van der Waals surface area contributed by atoms with Gasteiger partial charge in [-0.2, -0.15) is 0 Å². The van der Waals surface area contributed by atoms with Crippen molar-refractivity contribution < 1.29 is 13.2 Å². The summed E-state index contributed by atoms with van der Waals surface area (Å²) in [7, 11) is -3.79. The first kappa shape index (κ1) is 18.7. The number of carbonyl (C=O) groups is 1. The van der Waals surface area contributed by atoms with E-state index in [4.69, 9.17) is 0 Å². The number of fused-ring (bicyclic) bond motifs is 1. The summed E-state index contributed by atoms with van der Waals surface area (Å²) in [5.74, 6) is 0.0830. The van der Waals surface area contributed by atoms with Gasteiger partial charge in [-0.05, 0) is 55.8 Å². The van der Waals surface area contributed by atoms with E-state index in [1.54, 1.807) is 39.8 Å². The highest BCUT2D eigenvalue weighted by Gasteiger charge is 2.22. The molecule has 0 bridgehead atoms. The monoisotopic (exact) mass is 417 g/mol. The van der Waals surface area contributed by atoms with Crippen molar-refractivity contribution in [1.29, 1.82) is 0 Å². The van der Waals surface area contributed by atoms with Gasteiger partial charge in [0.25, 0.3) is 10.0 Å². The normalized spacial score (nSPS) is 14.8. The maximum absolute atomic E-state index is 12.7. The third kappa shape index (κ3) is 3.31. The van der Waals surface area contributed by atoms with Crippen LogP contribution in [0.3, 0.4) is 0 Å². The van der Waals surface area contributed by atoms with Crippen LogP contribution in [0.15, 0.2) is 52.2 Å². The summed E-state index contributed by atoms with van der Waals surface area (Å²) < 4.78 is 30.3. The molecule has 1 fully saturated rings. The van der Waals surface area contributed by atoms with E-state index in [1.807, 2.05) is 6.92 Å². The maximum Gasteiger partial charge on any atom is 0.308 e. The Morgan fingerprint density at radius 2 is 1.86 bits per heavy atom. The molecule has 1 N–H and O–H groups in total. The second-order valence-electron chi connectivity index (χ2n) is 6.54. The molecule has 4 rings (SSSR count). The van der Waals surface area contributed by atoms with Gasteiger partial charge in [-0.15, -0.1) is 0 Å². The molecule has 0 radical (unpaired) electrons. The first-order chi connectivity index (χ1) is 13.4. The summed E-state index contributed by atoms with van der Waals surface area (Å²) in [6.07, 6.45) is 1.38. The lowest BCUT2D eigenvalue weighted by atomic mass is 10.2. The van der Waals surface area contributed by atoms with Crippen LogP contribution in [-0.2, 0) is 21.4 Å². The zero-order valence-electron chi connectivity index (χ0n) is 15.2. The molecule has 2 heterocycles. The average Bonchev–Trinajstić information content (AvgIpc) is 3.23. The Kier molecular flexibility index (Phi) is 4.72. The second-order valence-corrected chi connectivity index (χ2v) is 9.22. The van der Waals surface area contributed by atoms with Crippen LogP contribution in [0.5, 0.6) is 0 Å². The molecule has 28 heavy (non-hydrogen) atoms. The molecule has 9 heteroatoms. The molecule has 1 aliphatic heterocycles. The van der Waals surface area contributed by atoms with Crippen molar-refractivity contribution in [3.8, 4) is 0 Å². The number of amides is 1. The number of nitrogens with zero attached hydrogens (tertiary/aromatic N) is 2. The number of benzene rings is 2. The Hall–Kier alpha value is -2.65. The molecule has 7 nitrogen and oxygen atoms in total. The van der Waals surface area contributed by atoms with Crippen molar-refractivity contribution in [2.24, 2.45) is 0 Å². The lowest BCUT2D eigenvalue weighted by Crippen LogP contribution is -2.23. The fourth-order valence-corrected chi connectivity index (χ4v) is 5.51. The number of aromatic nitrogens is 1. The van der Waals surface area contributed by atoms with Crippen molar-refractivity contribution in [1.82, 2.24) is 4.57 Å². The Morgan fingerprint density at radius 1 is 1.11 bits per heavy atom. The van der Waals surface area contributed by atoms with Crippen molar-refractivity contribution in [3.05, 3.63) is 52.1 Å². The predicted octanol–water partition coefficient (Wildman–Crippen LogP) is 3.01. The van der Waals surface area contributed by atoms with E-state index in [1.165, 1.54) is 12.1 Å². The minimum Gasteiger partial charge on any atom is -0.312 e. The number of hydrogen-bond acceptors (Lipinski definition) is 5. The molecule has 2 aromatic carbocycles. The van der Waals surface area contributed by atoms with E-state index in [2.05, 4.69) is 4.72 Å². The molecule has 1 aliphatic rings. The van der Waals surface area contributed by atoms with Gasteiger partial charge in [-0.3, -0.25) is 18.9 Å². The summed E-state index contributed by atoms with van der Waals surface area (Å²) in [6.45, 7) is 3.10. The minimum absolute atomic E-state index is 0.0830. The van der Waals surface area contributed by atoms with Crippen LogP contribution in [0.1, 0.15) is 19.8 Å². The molecule has 1 aromatic heterocycles. The van der Waals surface area contributed by atoms with Crippen molar-refractivity contribution in [2.45, 2.75) is 31.2 Å². The molecule has 3 aromatic rings. The summed E-state index contributed by atoms with van der Waals surface area (Å²) in [4.78, 5) is 25.5. The van der Waals surface area contributed by atoms with E-state index in [-0.39, 0.29) is 15.7 Å². The van der Waals surface area contributed by atoms with Gasteiger partial charge >= 0.3 is 4.87 Å². The van der Waals surface area contributed by atoms with Crippen LogP contribution >= 0.6 is 11.3 Å². The number of sulfonamides is 1. The molecular formula is C19H19N3O4S2. The SMILES string of the molecule is CCn1c(=O)sc2cc(S(=O)(=O)Nc3ccc(N4CCCC4=O)cc3)ccc21. The minimum atomic E-state index is -3.79. The Balaban J connectivity index is 1.59. The van der Waals surface area contributed by atoms with Gasteiger partial charge in [0.05, 0.1) is 15.1 Å². The lowest BCUT2D eigenvalue weighted by molar-refractivity contribution is -0.117. The van der Waals surface area contributed by atoms with E-state index in [0.717, 1.165) is 29.0 Å². The van der Waals surface area contributed by atoms with Crippen LogP contribution < -0.4 is 14.5 Å². The number of anilines is 2. The van der Waals surface area contributed by atoms with E-state index >= 15 is 0 Å². The zero-order valence-corrected chi connectivity index (χ0v) is 16.8. The Morgan fingerprint density at radius 3 is 2.50 bits per heavy atom. The average molecular weight is 418 g/mol. The molecule has 146 valence electrons. The summed E-state index contributed by atoms with van der Waals surface area (Å²) in [5.41, 5.74) is 1.91. The zero-order chi connectivity index (χ0) is 19.9. The summed E-state index contributed by atoms with van der Waals surface area (Å²) in [6, 6.07) is 11.4. The third-order valence-corrected chi connectivity index (χ3v) is 7.09. The number of thiazole rings is 1. The third-order valence-electron chi connectivity index (χ3n) is 4.77. The van der Waals surface area contributed by atoms with E-state index in [0.29, 0.717) is 29.9 Å². The van der Waals surface area contributed by atoms with Gasteiger partial charge in [0, 0.05) is 30.9 Å². The van der Waals surface area contributed by atoms with Crippen LogP contribution in [0, 0.1) is 0 Å². The molecule has 0 atom stereocenters. The molecule has 1 saturated heterocycles. The van der Waals surface area contributed by atoms with Gasteiger partial charge in [-0.25, -0.2) is 8.42 Å². The van der Waals surface area contributed by atoms with Gasteiger partial charge in [0.15, 0.2) is 0 Å². The highest BCUT2D eigenvalue weighted by Crippen LogP contribution is 2.26. The van der Waals surface area contributed by atoms with Crippen molar-refractivity contribution >= 4 is 48.9 Å². The van der Waals surface area contributed by atoms with Crippen LogP contribution in [0.4, 0.5) is 11.4 Å². The Labute approximate surface area is 166 Å². The van der Waals surface area contributed by atoms with Gasteiger partial charge in [0.2, 0.25) is 5.91 Å². The standard InChI is InChI=1S/C19H19N3O4S2/c1-2-21-16-10-9-15(12-17(16)27-19(21)24)28(25,26)20-13-5-7-14(8-6-13)22-11-3-4-18(22)23/h5-10,12,20H,2-4,11H2,1H3. The first-order valence-corrected chi connectivity index (χ1v) is 11.3. The van der Waals surface area contributed by atoms with Crippen LogP contribution in [0.2, 0.25) is 0 Å². The van der Waals surface area contributed by atoms with Crippen molar-refractivity contribution in [2.75, 3.05) is 16.2 Å². The number of hydrogen-bond donors (Lipinski definition) is 1. The van der Waals surface area contributed by atoms with E-state index in [9.17, 15) is 18.0 Å². The fourth-order valence-electron chi connectivity index (χ4n) is 3.36. The maximum atomic E-state index is 12.7. The topological polar surface area (TPSA) is 88.5 Å². The van der Waals surface area contributed by atoms with E-state index < -0.39 is 10.0 Å². The highest BCUT2D eigenvalue weighted by atomic mass is 32.2. The van der Waals surface area contributed by atoms with Gasteiger partial charge < -0.3 is 4.90 Å².